The molecule has 2 heterocycles. The lowest BCUT2D eigenvalue weighted by molar-refractivity contribution is -0.161. The number of rotatable bonds is 13. The predicted octanol–water partition coefficient (Wildman–Crippen LogP) is 6.66. The summed E-state index contributed by atoms with van der Waals surface area (Å²) in [4.78, 5) is 46.1. The average molecular weight is 663 g/mol. The number of likely N-dealkylation sites (tertiary alicyclic amines) is 1. The molecule has 0 saturated carbocycles. The smallest absolute Gasteiger partial charge is 0.407 e. The van der Waals surface area contributed by atoms with Gasteiger partial charge in [-0.15, -0.1) is 0 Å². The second-order valence-corrected chi connectivity index (χ2v) is 13.5. The van der Waals surface area contributed by atoms with E-state index in [-0.39, 0.29) is 18.4 Å². The average Bonchev–Trinajstić information content (AvgIpc) is 3.07. The highest BCUT2D eigenvalue weighted by Gasteiger charge is 2.53. The number of unbranched alkanes of at least 4 members (excludes halogenated alkanes) is 1. The third-order valence-electron chi connectivity index (χ3n) is 8.75. The van der Waals surface area contributed by atoms with Crippen LogP contribution in [-0.4, -0.2) is 65.5 Å². The minimum absolute atomic E-state index is 0.00911. The van der Waals surface area contributed by atoms with Crippen LogP contribution in [0.2, 0.25) is 5.02 Å². The molecule has 1 spiro atoms. The molecule has 5 rings (SSSR count). The van der Waals surface area contributed by atoms with Gasteiger partial charge >= 0.3 is 6.09 Å². The quantitative estimate of drug-likeness (QED) is 0.199. The number of amides is 3. The summed E-state index contributed by atoms with van der Waals surface area (Å²) in [6, 6.07) is 25.3. The maximum absolute atomic E-state index is 13.7. The Labute approximate surface area is 281 Å². The Balaban J connectivity index is 1.10. The number of piperidine rings is 1. The number of hydrogen-bond donors (Lipinski definition) is 2. The van der Waals surface area contributed by atoms with E-state index < -0.39 is 17.7 Å². The van der Waals surface area contributed by atoms with Crippen LogP contribution in [0.15, 0.2) is 88.7 Å². The Morgan fingerprint density at radius 3 is 2.46 bits per heavy atom. The summed E-state index contributed by atoms with van der Waals surface area (Å²) in [6.07, 6.45) is 3.47. The molecule has 0 bridgehead atoms. The number of carbonyl (C=O) groups is 3. The monoisotopic (exact) mass is 662 g/mol. The minimum Gasteiger partial charge on any atom is -0.445 e. The largest absolute Gasteiger partial charge is 0.445 e. The topological polar surface area (TPSA) is 91.0 Å². The van der Waals surface area contributed by atoms with Gasteiger partial charge in [-0.1, -0.05) is 78.8 Å². The molecule has 3 aromatic carbocycles. The summed E-state index contributed by atoms with van der Waals surface area (Å²) in [7, 11) is 0. The van der Waals surface area contributed by atoms with E-state index in [9.17, 15) is 14.4 Å². The van der Waals surface area contributed by atoms with Gasteiger partial charge < -0.3 is 20.3 Å². The summed E-state index contributed by atoms with van der Waals surface area (Å²) >= 11 is 7.80. The molecule has 0 unspecified atom stereocenters. The van der Waals surface area contributed by atoms with E-state index in [1.54, 1.807) is 11.8 Å². The number of nitrogens with zero attached hydrogens (tertiary/aromatic N) is 2. The second-order valence-electron chi connectivity index (χ2n) is 12.0. The van der Waals surface area contributed by atoms with Crippen molar-refractivity contribution in [3.05, 3.63) is 95.0 Å². The summed E-state index contributed by atoms with van der Waals surface area (Å²) < 4.78 is 5.26. The van der Waals surface area contributed by atoms with Gasteiger partial charge in [-0.3, -0.25) is 14.5 Å². The highest BCUT2D eigenvalue weighted by atomic mass is 35.5. The fraction of sp³-hybridized carbons (Fsp3) is 0.417. The van der Waals surface area contributed by atoms with Gasteiger partial charge in [-0.05, 0) is 80.0 Å². The molecule has 2 fully saturated rings. The number of piperazine rings is 1. The van der Waals surface area contributed by atoms with E-state index in [0.29, 0.717) is 45.2 Å². The van der Waals surface area contributed by atoms with Crippen LogP contribution < -0.4 is 10.6 Å². The molecule has 0 radical (unpaired) electrons. The van der Waals surface area contributed by atoms with Gasteiger partial charge in [0.2, 0.25) is 11.8 Å². The molecule has 2 saturated heterocycles. The Morgan fingerprint density at radius 1 is 1.00 bits per heavy atom. The van der Waals surface area contributed by atoms with Gasteiger partial charge in [0.05, 0.1) is 0 Å². The molecule has 2 aliphatic rings. The molecule has 244 valence electrons. The Kier molecular flexibility index (Phi) is 12.0. The van der Waals surface area contributed by atoms with Crippen molar-refractivity contribution in [2.45, 2.75) is 80.0 Å². The summed E-state index contributed by atoms with van der Waals surface area (Å²) in [5.41, 5.74) is 1.37. The van der Waals surface area contributed by atoms with Crippen molar-refractivity contribution in [1.29, 1.82) is 0 Å². The number of carbonyl (C=O) groups excluding carboxylic acids is 3. The molecule has 2 aliphatic heterocycles. The van der Waals surface area contributed by atoms with Gasteiger partial charge in [0.25, 0.3) is 0 Å². The number of nitrogens with one attached hydrogen (secondary N) is 2. The maximum atomic E-state index is 13.7. The summed E-state index contributed by atoms with van der Waals surface area (Å²) in [5.74, 6) is -0.0265. The SMILES string of the molecule is CCCN1C(=O)[C@H](CCCCNC(=O)OCc2ccccc2)NC(=O)C12CCN(Cc1ccccc1Sc1ccc(Cl)cc1)CC2. The first-order valence-electron chi connectivity index (χ1n) is 16.2. The van der Waals surface area contributed by atoms with Crippen molar-refractivity contribution < 1.29 is 19.1 Å². The third kappa shape index (κ3) is 8.63. The zero-order valence-electron chi connectivity index (χ0n) is 26.4. The van der Waals surface area contributed by atoms with Crippen LogP contribution in [0.3, 0.4) is 0 Å². The molecule has 3 aromatic rings. The number of benzene rings is 3. The summed E-state index contributed by atoms with van der Waals surface area (Å²) in [5, 5.41) is 6.58. The second kappa shape index (κ2) is 16.3. The number of alkyl carbamates (subject to hydrolysis) is 1. The van der Waals surface area contributed by atoms with Crippen LogP contribution >= 0.6 is 23.4 Å². The van der Waals surface area contributed by atoms with Crippen molar-refractivity contribution in [1.82, 2.24) is 20.4 Å². The van der Waals surface area contributed by atoms with Crippen molar-refractivity contribution in [2.24, 2.45) is 0 Å². The van der Waals surface area contributed by atoms with E-state index in [4.69, 9.17) is 16.3 Å². The fourth-order valence-electron chi connectivity index (χ4n) is 6.24. The standard InChI is InChI=1S/C36H43ClN4O4S/c1-2-22-41-33(42)31(13-8-9-21-38-35(44)45-26-27-10-4-3-5-11-27)39-34(43)36(41)19-23-40(24-20-36)25-28-12-6-7-14-32(28)46-30-17-15-29(37)16-18-30/h3-7,10-12,14-18,31H,2,8-9,13,19-26H2,1H3,(H,38,44)(H,39,43)/t31-/m0/s1. The molecular formula is C36H43ClN4O4S. The molecule has 46 heavy (non-hydrogen) atoms. The first-order valence-corrected chi connectivity index (χ1v) is 17.4. The number of hydrogen-bond acceptors (Lipinski definition) is 6. The van der Waals surface area contributed by atoms with Crippen LogP contribution in [0.1, 0.15) is 56.6 Å². The van der Waals surface area contributed by atoms with Crippen LogP contribution in [0.4, 0.5) is 4.79 Å². The normalized spacial score (nSPS) is 18.0. The van der Waals surface area contributed by atoms with Gasteiger partial charge in [0.1, 0.15) is 18.2 Å². The zero-order chi connectivity index (χ0) is 32.4. The van der Waals surface area contributed by atoms with Crippen LogP contribution in [0, 0.1) is 0 Å². The van der Waals surface area contributed by atoms with Crippen molar-refractivity contribution in [2.75, 3.05) is 26.2 Å². The van der Waals surface area contributed by atoms with E-state index in [0.717, 1.165) is 41.5 Å². The van der Waals surface area contributed by atoms with Gasteiger partial charge in [-0.25, -0.2) is 4.79 Å². The van der Waals surface area contributed by atoms with Crippen LogP contribution in [0.5, 0.6) is 0 Å². The highest BCUT2D eigenvalue weighted by molar-refractivity contribution is 7.99. The van der Waals surface area contributed by atoms with Gasteiger partial charge in [0.15, 0.2) is 0 Å². The molecule has 2 N–H and O–H groups in total. The van der Waals surface area contributed by atoms with E-state index in [1.807, 2.05) is 59.5 Å². The zero-order valence-corrected chi connectivity index (χ0v) is 28.0. The van der Waals surface area contributed by atoms with Gasteiger partial charge in [0, 0.05) is 47.5 Å². The van der Waals surface area contributed by atoms with Crippen molar-refractivity contribution in [3.63, 3.8) is 0 Å². The molecule has 10 heteroatoms. The Hall–Kier alpha value is -3.53. The van der Waals surface area contributed by atoms with E-state index in [1.165, 1.54) is 10.5 Å². The lowest BCUT2D eigenvalue weighted by Gasteiger charge is -2.51. The Bertz CT molecular complexity index is 1460. The molecular weight excluding hydrogens is 620 g/mol. The van der Waals surface area contributed by atoms with Crippen LogP contribution in [-0.2, 0) is 27.5 Å². The van der Waals surface area contributed by atoms with Crippen molar-refractivity contribution in [3.8, 4) is 0 Å². The predicted molar refractivity (Wildman–Crippen MR) is 182 cm³/mol. The third-order valence-corrected chi connectivity index (χ3v) is 10.1. The number of ether oxygens (including phenoxy) is 1. The van der Waals surface area contributed by atoms with E-state index in [2.05, 4.69) is 46.7 Å². The first kappa shape index (κ1) is 33.8. The van der Waals surface area contributed by atoms with Gasteiger partial charge in [-0.2, -0.15) is 0 Å². The summed E-state index contributed by atoms with van der Waals surface area (Å²) in [6.45, 7) is 5.54. The van der Waals surface area contributed by atoms with E-state index >= 15 is 0 Å². The molecule has 0 aliphatic carbocycles. The minimum atomic E-state index is -0.804. The lowest BCUT2D eigenvalue weighted by Crippen LogP contribution is -2.72. The molecule has 0 aromatic heterocycles. The first-order chi connectivity index (χ1) is 22.4. The molecule has 3 amide bonds. The highest BCUT2D eigenvalue weighted by Crippen LogP contribution is 2.36. The Morgan fingerprint density at radius 2 is 1.72 bits per heavy atom. The molecule has 1 atom stereocenters. The fourth-order valence-corrected chi connectivity index (χ4v) is 7.30. The van der Waals surface area contributed by atoms with Crippen molar-refractivity contribution >= 4 is 41.3 Å². The number of halogens is 1. The maximum Gasteiger partial charge on any atom is 0.407 e. The van der Waals surface area contributed by atoms with Crippen LogP contribution in [0.25, 0.3) is 0 Å². The molecule has 8 nitrogen and oxygen atoms in total. The lowest BCUT2D eigenvalue weighted by atomic mass is 9.81.